The third kappa shape index (κ3) is 4.53. The molecule has 0 radical (unpaired) electrons. The first-order chi connectivity index (χ1) is 12.1. The summed E-state index contributed by atoms with van der Waals surface area (Å²) in [6, 6.07) is 10.6. The molecule has 5 heteroatoms. The van der Waals surface area contributed by atoms with Crippen molar-refractivity contribution in [1.82, 2.24) is 9.80 Å². The molecular formula is C20H29N3O2. The summed E-state index contributed by atoms with van der Waals surface area (Å²) < 4.78 is 0. The maximum Gasteiger partial charge on any atom is 0.242 e. The molecule has 1 aromatic carbocycles. The molecule has 2 amide bonds. The molecular weight excluding hydrogens is 314 g/mol. The summed E-state index contributed by atoms with van der Waals surface area (Å²) in [6.45, 7) is 4.98. The molecule has 0 aromatic heterocycles. The number of hydrogen-bond acceptors (Lipinski definition) is 3. The van der Waals surface area contributed by atoms with Crippen molar-refractivity contribution in [2.75, 3.05) is 37.6 Å². The Bertz CT molecular complexity index is 576. The van der Waals surface area contributed by atoms with E-state index in [2.05, 4.69) is 17.0 Å². The van der Waals surface area contributed by atoms with Crippen molar-refractivity contribution in [3.05, 3.63) is 30.3 Å². The van der Waals surface area contributed by atoms with Crippen LogP contribution in [0.3, 0.4) is 0 Å². The quantitative estimate of drug-likeness (QED) is 0.844. The fraction of sp³-hybridized carbons (Fsp3) is 0.600. The maximum atomic E-state index is 12.7. The average Bonchev–Trinajstić information content (AvgIpc) is 2.67. The minimum absolute atomic E-state index is 0.0307. The molecule has 0 spiro atoms. The molecule has 0 bridgehead atoms. The van der Waals surface area contributed by atoms with Crippen LogP contribution >= 0.6 is 0 Å². The van der Waals surface area contributed by atoms with Crippen LogP contribution in [0.4, 0.5) is 5.69 Å². The summed E-state index contributed by atoms with van der Waals surface area (Å²) in [5, 5.41) is 0. The molecule has 1 aliphatic heterocycles. The highest BCUT2D eigenvalue weighted by molar-refractivity contribution is 5.84. The lowest BCUT2D eigenvalue weighted by Gasteiger charge is -2.38. The molecule has 1 heterocycles. The second-order valence-electron chi connectivity index (χ2n) is 7.14. The molecule has 0 atom stereocenters. The van der Waals surface area contributed by atoms with Crippen LogP contribution < -0.4 is 4.90 Å². The number of carbonyl (C=O) groups is 2. The SMILES string of the molecule is CC(=O)N(CC(=O)N1CCN(c2ccccc2)CC1)C1CCCCC1. The number of benzene rings is 1. The number of para-hydroxylation sites is 1. The third-order valence-electron chi connectivity index (χ3n) is 5.48. The van der Waals surface area contributed by atoms with E-state index < -0.39 is 0 Å². The Morgan fingerprint density at radius 2 is 1.64 bits per heavy atom. The normalized spacial score (nSPS) is 18.9. The zero-order valence-electron chi connectivity index (χ0n) is 15.2. The first kappa shape index (κ1) is 17.8. The Balaban J connectivity index is 1.53. The Kier molecular flexibility index (Phi) is 5.95. The summed E-state index contributed by atoms with van der Waals surface area (Å²) in [6.07, 6.45) is 5.65. The molecule has 0 N–H and O–H groups in total. The standard InChI is InChI=1S/C20H29N3O2/c1-17(24)23(19-10-6-3-7-11-19)16-20(25)22-14-12-21(13-15-22)18-8-4-2-5-9-18/h2,4-5,8-9,19H,3,6-7,10-16H2,1H3. The van der Waals surface area contributed by atoms with Crippen molar-refractivity contribution in [3.8, 4) is 0 Å². The third-order valence-corrected chi connectivity index (χ3v) is 5.48. The lowest BCUT2D eigenvalue weighted by molar-refractivity contribution is -0.142. The molecule has 1 saturated carbocycles. The highest BCUT2D eigenvalue weighted by Crippen LogP contribution is 2.23. The van der Waals surface area contributed by atoms with Crippen LogP contribution in [-0.2, 0) is 9.59 Å². The van der Waals surface area contributed by atoms with Crippen molar-refractivity contribution < 1.29 is 9.59 Å². The van der Waals surface area contributed by atoms with Gasteiger partial charge in [-0.05, 0) is 25.0 Å². The van der Waals surface area contributed by atoms with Crippen LogP contribution in [0.15, 0.2) is 30.3 Å². The molecule has 25 heavy (non-hydrogen) atoms. The van der Waals surface area contributed by atoms with Crippen LogP contribution in [-0.4, -0.2) is 60.4 Å². The topological polar surface area (TPSA) is 43.9 Å². The number of piperazine rings is 1. The molecule has 1 aliphatic carbocycles. The molecule has 1 aromatic rings. The van der Waals surface area contributed by atoms with Gasteiger partial charge in [-0.25, -0.2) is 0 Å². The lowest BCUT2D eigenvalue weighted by Crippen LogP contribution is -2.53. The average molecular weight is 343 g/mol. The van der Waals surface area contributed by atoms with E-state index >= 15 is 0 Å². The van der Waals surface area contributed by atoms with Crippen molar-refractivity contribution in [1.29, 1.82) is 0 Å². The molecule has 3 rings (SSSR count). The molecule has 5 nitrogen and oxygen atoms in total. The zero-order valence-corrected chi connectivity index (χ0v) is 15.2. The van der Waals surface area contributed by atoms with E-state index in [9.17, 15) is 9.59 Å². The monoisotopic (exact) mass is 343 g/mol. The number of nitrogens with zero attached hydrogens (tertiary/aromatic N) is 3. The summed E-state index contributed by atoms with van der Waals surface area (Å²) in [5.74, 6) is 0.122. The Morgan fingerprint density at radius 1 is 1.00 bits per heavy atom. The second kappa shape index (κ2) is 8.37. The fourth-order valence-corrected chi connectivity index (χ4v) is 3.99. The summed E-state index contributed by atoms with van der Waals surface area (Å²) in [5.41, 5.74) is 1.21. The molecule has 1 saturated heterocycles. The van der Waals surface area contributed by atoms with Gasteiger partial charge in [0.05, 0.1) is 6.54 Å². The van der Waals surface area contributed by atoms with Gasteiger partial charge in [0.2, 0.25) is 11.8 Å². The van der Waals surface area contributed by atoms with E-state index in [1.165, 1.54) is 24.9 Å². The molecule has 136 valence electrons. The summed E-state index contributed by atoms with van der Waals surface area (Å²) in [7, 11) is 0. The minimum atomic E-state index is 0.0307. The van der Waals surface area contributed by atoms with Crippen LogP contribution in [0.1, 0.15) is 39.0 Å². The first-order valence-corrected chi connectivity index (χ1v) is 9.50. The van der Waals surface area contributed by atoms with Crippen LogP contribution in [0.2, 0.25) is 0 Å². The maximum absolute atomic E-state index is 12.7. The Hall–Kier alpha value is -2.04. The van der Waals surface area contributed by atoms with Gasteiger partial charge in [0.25, 0.3) is 0 Å². The van der Waals surface area contributed by atoms with Gasteiger partial charge in [-0.2, -0.15) is 0 Å². The van der Waals surface area contributed by atoms with Gasteiger partial charge >= 0.3 is 0 Å². The van der Waals surface area contributed by atoms with E-state index in [1.54, 1.807) is 6.92 Å². The number of carbonyl (C=O) groups excluding carboxylic acids is 2. The van der Waals surface area contributed by atoms with Gasteiger partial charge < -0.3 is 14.7 Å². The van der Waals surface area contributed by atoms with Crippen LogP contribution in [0.25, 0.3) is 0 Å². The number of amides is 2. The van der Waals surface area contributed by atoms with E-state index in [0.717, 1.165) is 39.0 Å². The van der Waals surface area contributed by atoms with Crippen molar-refractivity contribution in [3.63, 3.8) is 0 Å². The zero-order chi connectivity index (χ0) is 17.6. The van der Waals surface area contributed by atoms with Gasteiger partial charge in [0, 0.05) is 44.8 Å². The largest absolute Gasteiger partial charge is 0.368 e. The number of hydrogen-bond donors (Lipinski definition) is 0. The summed E-state index contributed by atoms with van der Waals surface area (Å²) in [4.78, 5) is 30.8. The predicted molar refractivity (Wildman–Crippen MR) is 99.5 cm³/mol. The van der Waals surface area contributed by atoms with E-state index in [0.29, 0.717) is 0 Å². The van der Waals surface area contributed by atoms with Gasteiger partial charge in [0.1, 0.15) is 0 Å². The van der Waals surface area contributed by atoms with Crippen molar-refractivity contribution >= 4 is 17.5 Å². The van der Waals surface area contributed by atoms with Crippen LogP contribution in [0.5, 0.6) is 0 Å². The lowest BCUT2D eigenvalue weighted by atomic mass is 9.94. The van der Waals surface area contributed by atoms with Crippen LogP contribution in [0, 0.1) is 0 Å². The van der Waals surface area contributed by atoms with Crippen molar-refractivity contribution in [2.45, 2.75) is 45.1 Å². The van der Waals surface area contributed by atoms with Crippen molar-refractivity contribution in [2.24, 2.45) is 0 Å². The van der Waals surface area contributed by atoms with Gasteiger partial charge in [-0.15, -0.1) is 0 Å². The van der Waals surface area contributed by atoms with E-state index in [1.807, 2.05) is 28.0 Å². The fourth-order valence-electron chi connectivity index (χ4n) is 3.99. The van der Waals surface area contributed by atoms with E-state index in [-0.39, 0.29) is 24.4 Å². The first-order valence-electron chi connectivity index (χ1n) is 9.50. The second-order valence-corrected chi connectivity index (χ2v) is 7.14. The van der Waals surface area contributed by atoms with Gasteiger partial charge in [-0.1, -0.05) is 37.5 Å². The molecule has 2 aliphatic rings. The number of anilines is 1. The Morgan fingerprint density at radius 3 is 2.24 bits per heavy atom. The number of rotatable bonds is 4. The predicted octanol–water partition coefficient (Wildman–Crippen LogP) is 2.52. The van der Waals surface area contributed by atoms with E-state index in [4.69, 9.17) is 0 Å². The molecule has 2 fully saturated rings. The highest BCUT2D eigenvalue weighted by Gasteiger charge is 2.28. The van der Waals surface area contributed by atoms with Gasteiger partial charge in [0.15, 0.2) is 0 Å². The Labute approximate surface area is 150 Å². The molecule has 0 unspecified atom stereocenters. The summed E-state index contributed by atoms with van der Waals surface area (Å²) >= 11 is 0. The highest BCUT2D eigenvalue weighted by atomic mass is 16.2. The van der Waals surface area contributed by atoms with Gasteiger partial charge in [-0.3, -0.25) is 9.59 Å². The smallest absolute Gasteiger partial charge is 0.242 e. The minimum Gasteiger partial charge on any atom is -0.368 e.